The van der Waals surface area contributed by atoms with Crippen LogP contribution in [-0.4, -0.2) is 4.98 Å². The molecule has 0 saturated heterocycles. The minimum Gasteiger partial charge on any atom is -0.456 e. The molecular weight excluding hydrogens is 290 g/mol. The molecule has 86 valence electrons. The molecule has 0 radical (unpaired) electrons. The van der Waals surface area contributed by atoms with Gasteiger partial charge in [-0.25, -0.2) is 0 Å². The highest BCUT2D eigenvalue weighted by Gasteiger charge is 2.08. The van der Waals surface area contributed by atoms with Crippen molar-refractivity contribution in [3.05, 3.63) is 53.1 Å². The smallest absolute Gasteiger partial charge is 0.136 e. The Morgan fingerprint density at radius 1 is 0.944 bits per heavy atom. The first-order valence-electron chi connectivity index (χ1n) is 5.68. The lowest BCUT2D eigenvalue weighted by Crippen LogP contribution is -1.76. The van der Waals surface area contributed by atoms with Gasteiger partial charge in [0.1, 0.15) is 11.2 Å². The van der Waals surface area contributed by atoms with E-state index >= 15 is 0 Å². The molecule has 0 saturated carbocycles. The van der Waals surface area contributed by atoms with Crippen molar-refractivity contribution in [1.29, 1.82) is 0 Å². The van der Waals surface area contributed by atoms with Gasteiger partial charge >= 0.3 is 0 Å². The Bertz CT molecular complexity index is 895. The summed E-state index contributed by atoms with van der Waals surface area (Å²) in [6, 6.07) is 14.2. The van der Waals surface area contributed by atoms with Gasteiger partial charge in [0.15, 0.2) is 0 Å². The van der Waals surface area contributed by atoms with Crippen LogP contribution in [0.1, 0.15) is 0 Å². The van der Waals surface area contributed by atoms with Gasteiger partial charge in [0.25, 0.3) is 0 Å². The maximum Gasteiger partial charge on any atom is 0.136 e. The van der Waals surface area contributed by atoms with Crippen molar-refractivity contribution in [3.8, 4) is 0 Å². The van der Waals surface area contributed by atoms with Crippen molar-refractivity contribution in [1.82, 2.24) is 4.98 Å². The molecule has 0 N–H and O–H groups in total. The second kappa shape index (κ2) is 3.56. The SMILES string of the molecule is Brc1ccc2c(c1)oc1cc3cccnc3cc12. The lowest BCUT2D eigenvalue weighted by molar-refractivity contribution is 0.669. The van der Waals surface area contributed by atoms with Gasteiger partial charge in [0, 0.05) is 26.8 Å². The Kier molecular flexibility index (Phi) is 2.00. The van der Waals surface area contributed by atoms with E-state index in [9.17, 15) is 0 Å². The molecule has 0 aliphatic carbocycles. The molecule has 0 amide bonds. The predicted octanol–water partition coefficient (Wildman–Crippen LogP) is 4.90. The van der Waals surface area contributed by atoms with Crippen LogP contribution in [0.2, 0.25) is 0 Å². The van der Waals surface area contributed by atoms with Crippen molar-refractivity contribution in [3.63, 3.8) is 0 Å². The van der Waals surface area contributed by atoms with Gasteiger partial charge in [-0.15, -0.1) is 0 Å². The summed E-state index contributed by atoms with van der Waals surface area (Å²) in [5.41, 5.74) is 2.80. The number of benzene rings is 2. The van der Waals surface area contributed by atoms with Gasteiger partial charge in [-0.05, 0) is 36.4 Å². The minimum atomic E-state index is 0.898. The molecule has 4 aromatic rings. The fourth-order valence-electron chi connectivity index (χ4n) is 2.32. The Morgan fingerprint density at radius 2 is 1.83 bits per heavy atom. The predicted molar refractivity (Wildman–Crippen MR) is 76.7 cm³/mol. The fourth-order valence-corrected chi connectivity index (χ4v) is 2.66. The molecule has 0 aliphatic rings. The van der Waals surface area contributed by atoms with E-state index in [1.54, 1.807) is 0 Å². The Balaban J connectivity index is 2.23. The number of halogens is 1. The average molecular weight is 298 g/mol. The molecule has 2 aromatic heterocycles. The van der Waals surface area contributed by atoms with Crippen LogP contribution in [0.15, 0.2) is 57.6 Å². The third-order valence-electron chi connectivity index (χ3n) is 3.16. The largest absolute Gasteiger partial charge is 0.456 e. The van der Waals surface area contributed by atoms with Crippen molar-refractivity contribution in [2.45, 2.75) is 0 Å². The van der Waals surface area contributed by atoms with Crippen LogP contribution >= 0.6 is 15.9 Å². The molecule has 0 spiro atoms. The molecule has 18 heavy (non-hydrogen) atoms. The lowest BCUT2D eigenvalue weighted by atomic mass is 10.1. The highest BCUT2D eigenvalue weighted by atomic mass is 79.9. The van der Waals surface area contributed by atoms with Gasteiger partial charge in [0.05, 0.1) is 5.52 Å². The topological polar surface area (TPSA) is 26.0 Å². The quantitative estimate of drug-likeness (QED) is 0.461. The second-order valence-electron chi connectivity index (χ2n) is 4.29. The standard InChI is InChI=1S/C15H8BrNO/c16-10-3-4-11-12-8-13-9(2-1-5-17-13)6-14(12)18-15(11)7-10/h1-8H. The molecule has 2 heterocycles. The second-order valence-corrected chi connectivity index (χ2v) is 5.20. The molecule has 3 heteroatoms. The highest BCUT2D eigenvalue weighted by Crippen LogP contribution is 2.32. The van der Waals surface area contributed by atoms with Gasteiger partial charge in [-0.3, -0.25) is 4.98 Å². The van der Waals surface area contributed by atoms with Crippen molar-refractivity contribution in [2.75, 3.05) is 0 Å². The van der Waals surface area contributed by atoms with Crippen molar-refractivity contribution < 1.29 is 4.42 Å². The normalized spacial score (nSPS) is 11.6. The van der Waals surface area contributed by atoms with Gasteiger partial charge < -0.3 is 4.42 Å². The summed E-state index contributed by atoms with van der Waals surface area (Å²) in [5, 5.41) is 3.34. The van der Waals surface area contributed by atoms with E-state index in [1.807, 2.05) is 36.5 Å². The van der Waals surface area contributed by atoms with Gasteiger partial charge in [-0.1, -0.05) is 22.0 Å². The summed E-state index contributed by atoms with van der Waals surface area (Å²) in [5.74, 6) is 0. The number of furan rings is 1. The third-order valence-corrected chi connectivity index (χ3v) is 3.65. The van der Waals surface area contributed by atoms with Gasteiger partial charge in [-0.2, -0.15) is 0 Å². The van der Waals surface area contributed by atoms with Gasteiger partial charge in [0.2, 0.25) is 0 Å². The van der Waals surface area contributed by atoms with Crippen LogP contribution in [0.25, 0.3) is 32.8 Å². The fraction of sp³-hybridized carbons (Fsp3) is 0. The lowest BCUT2D eigenvalue weighted by Gasteiger charge is -1.95. The molecule has 2 nitrogen and oxygen atoms in total. The summed E-state index contributed by atoms with van der Waals surface area (Å²) in [4.78, 5) is 4.38. The molecule has 0 unspecified atom stereocenters. The maximum absolute atomic E-state index is 5.88. The van der Waals surface area contributed by atoms with Crippen LogP contribution < -0.4 is 0 Å². The Morgan fingerprint density at radius 3 is 2.78 bits per heavy atom. The number of nitrogens with zero attached hydrogens (tertiary/aromatic N) is 1. The zero-order chi connectivity index (χ0) is 12.1. The van der Waals surface area contributed by atoms with E-state index in [0.29, 0.717) is 0 Å². The number of aromatic nitrogens is 1. The van der Waals surface area contributed by atoms with Crippen LogP contribution in [0.3, 0.4) is 0 Å². The molecule has 0 bridgehead atoms. The van der Waals surface area contributed by atoms with Crippen LogP contribution in [0.4, 0.5) is 0 Å². The summed E-state index contributed by atoms with van der Waals surface area (Å²) < 4.78 is 6.91. The van der Waals surface area contributed by atoms with Crippen LogP contribution in [0, 0.1) is 0 Å². The average Bonchev–Trinajstić information content (AvgIpc) is 2.72. The zero-order valence-corrected chi connectivity index (χ0v) is 10.9. The number of fused-ring (bicyclic) bond motifs is 4. The molecule has 0 fully saturated rings. The zero-order valence-electron chi connectivity index (χ0n) is 9.35. The van der Waals surface area contributed by atoms with Crippen LogP contribution in [-0.2, 0) is 0 Å². The summed E-state index contributed by atoms with van der Waals surface area (Å²) in [6.45, 7) is 0. The summed E-state index contributed by atoms with van der Waals surface area (Å²) in [7, 11) is 0. The van der Waals surface area contributed by atoms with E-state index in [-0.39, 0.29) is 0 Å². The van der Waals surface area contributed by atoms with E-state index in [1.165, 1.54) is 0 Å². The molecule has 2 aromatic carbocycles. The van der Waals surface area contributed by atoms with Crippen molar-refractivity contribution >= 4 is 48.8 Å². The summed E-state index contributed by atoms with van der Waals surface area (Å²) in [6.07, 6.45) is 1.81. The number of hydrogen-bond acceptors (Lipinski definition) is 2. The first kappa shape index (κ1) is 10.1. The maximum atomic E-state index is 5.88. The van der Waals surface area contributed by atoms with E-state index < -0.39 is 0 Å². The van der Waals surface area contributed by atoms with E-state index in [2.05, 4.69) is 33.0 Å². The minimum absolute atomic E-state index is 0.898. The highest BCUT2D eigenvalue weighted by molar-refractivity contribution is 9.10. The number of pyridine rings is 1. The van der Waals surface area contributed by atoms with Crippen molar-refractivity contribution in [2.24, 2.45) is 0 Å². The molecule has 0 aliphatic heterocycles. The molecule has 4 rings (SSSR count). The number of rotatable bonds is 0. The van der Waals surface area contributed by atoms with Crippen LogP contribution in [0.5, 0.6) is 0 Å². The first-order valence-corrected chi connectivity index (χ1v) is 6.47. The summed E-state index contributed by atoms with van der Waals surface area (Å²) >= 11 is 3.46. The van der Waals surface area contributed by atoms with E-state index in [4.69, 9.17) is 4.42 Å². The Hall–Kier alpha value is -1.87. The monoisotopic (exact) mass is 297 g/mol. The molecule has 0 atom stereocenters. The molecular formula is C15H8BrNO. The third kappa shape index (κ3) is 1.37. The number of hydrogen-bond donors (Lipinski definition) is 0. The Labute approximate surface area is 111 Å². The van der Waals surface area contributed by atoms with E-state index in [0.717, 1.165) is 37.3 Å². The first-order chi connectivity index (χ1) is 8.81.